The molecule has 0 radical (unpaired) electrons. The van der Waals surface area contributed by atoms with Gasteiger partial charge in [0.1, 0.15) is 5.75 Å². The number of amides is 2. The van der Waals surface area contributed by atoms with Gasteiger partial charge in [-0.25, -0.2) is 5.43 Å². The van der Waals surface area contributed by atoms with Gasteiger partial charge in [0.05, 0.1) is 6.21 Å². The molecule has 0 unspecified atom stereocenters. The minimum absolute atomic E-state index is 0.192. The maximum atomic E-state index is 12.1. The molecule has 0 aromatic heterocycles. The number of ether oxygens (including phenoxy) is 1. The molecule has 152 valence electrons. The average molecular weight is 487 g/mol. The third kappa shape index (κ3) is 6.43. The monoisotopic (exact) mass is 485 g/mol. The van der Waals surface area contributed by atoms with Gasteiger partial charge in [0.15, 0.2) is 6.61 Å². The Morgan fingerprint density at radius 3 is 2.50 bits per heavy atom. The van der Waals surface area contributed by atoms with Crippen molar-refractivity contribution in [1.29, 1.82) is 0 Å². The first-order valence-corrected chi connectivity index (χ1v) is 10.0. The number of para-hydroxylation sites is 1. The molecule has 2 N–H and O–H groups in total. The van der Waals surface area contributed by atoms with Crippen molar-refractivity contribution in [2.45, 2.75) is 0 Å². The number of hydrazone groups is 1. The number of rotatable bonds is 7. The Balaban J connectivity index is 1.61. The van der Waals surface area contributed by atoms with Gasteiger partial charge < -0.3 is 10.1 Å². The zero-order valence-electron chi connectivity index (χ0n) is 15.6. The number of anilines is 1. The lowest BCUT2D eigenvalue weighted by molar-refractivity contribution is -0.118. The number of halogens is 2. The molecule has 2 amide bonds. The Labute approximate surface area is 187 Å². The third-order valence-electron chi connectivity index (χ3n) is 3.86. The fourth-order valence-corrected chi connectivity index (χ4v) is 2.88. The van der Waals surface area contributed by atoms with E-state index < -0.39 is 0 Å². The van der Waals surface area contributed by atoms with Gasteiger partial charge in [-0.05, 0) is 54.6 Å². The standard InChI is InChI=1S/C22H17BrClN3O3/c23-17-8-6-15(7-9-17)22(29)27-25-13-16-12-18(24)10-11-20(16)30-14-21(28)26-19-4-2-1-3-5-19/h1-13H,14H2,(H,26,28)(H,27,29)/b25-13+. The molecule has 0 aliphatic carbocycles. The third-order valence-corrected chi connectivity index (χ3v) is 4.63. The molecule has 3 aromatic carbocycles. The highest BCUT2D eigenvalue weighted by Gasteiger charge is 2.08. The molecule has 0 saturated heterocycles. The van der Waals surface area contributed by atoms with Crippen molar-refractivity contribution in [3.63, 3.8) is 0 Å². The molecule has 0 aliphatic heterocycles. The Kier molecular flexibility index (Phi) is 7.59. The second kappa shape index (κ2) is 10.6. The smallest absolute Gasteiger partial charge is 0.271 e. The number of hydrogen-bond donors (Lipinski definition) is 2. The van der Waals surface area contributed by atoms with Crippen molar-refractivity contribution in [3.05, 3.63) is 93.4 Å². The Morgan fingerprint density at radius 2 is 1.77 bits per heavy atom. The number of nitrogens with zero attached hydrogens (tertiary/aromatic N) is 1. The second-order valence-electron chi connectivity index (χ2n) is 6.09. The van der Waals surface area contributed by atoms with E-state index in [1.807, 2.05) is 18.2 Å². The molecule has 0 aliphatic rings. The molecule has 8 heteroatoms. The molecular formula is C22H17BrClN3O3. The maximum absolute atomic E-state index is 12.1. The molecule has 3 aromatic rings. The second-order valence-corrected chi connectivity index (χ2v) is 7.44. The summed E-state index contributed by atoms with van der Waals surface area (Å²) in [7, 11) is 0. The minimum Gasteiger partial charge on any atom is -0.483 e. The summed E-state index contributed by atoms with van der Waals surface area (Å²) in [6, 6.07) is 20.9. The minimum atomic E-state index is -0.356. The molecule has 0 atom stereocenters. The van der Waals surface area contributed by atoms with E-state index in [9.17, 15) is 9.59 Å². The number of carbonyl (C=O) groups excluding carboxylic acids is 2. The Hall–Kier alpha value is -3.16. The zero-order valence-corrected chi connectivity index (χ0v) is 18.0. The van der Waals surface area contributed by atoms with E-state index >= 15 is 0 Å². The van der Waals surface area contributed by atoms with Crippen LogP contribution in [0.1, 0.15) is 15.9 Å². The van der Waals surface area contributed by atoms with E-state index in [2.05, 4.69) is 31.8 Å². The van der Waals surface area contributed by atoms with Gasteiger partial charge in [0, 0.05) is 26.3 Å². The van der Waals surface area contributed by atoms with Crippen molar-refractivity contribution in [2.24, 2.45) is 5.10 Å². The van der Waals surface area contributed by atoms with Gasteiger partial charge >= 0.3 is 0 Å². The first-order valence-electron chi connectivity index (χ1n) is 8.87. The van der Waals surface area contributed by atoms with Gasteiger partial charge in [0.2, 0.25) is 0 Å². The van der Waals surface area contributed by atoms with Crippen LogP contribution in [0.15, 0.2) is 82.4 Å². The topological polar surface area (TPSA) is 79.8 Å². The van der Waals surface area contributed by atoms with Gasteiger partial charge in [0.25, 0.3) is 11.8 Å². The molecular weight excluding hydrogens is 470 g/mol. The molecule has 0 saturated carbocycles. The fourth-order valence-electron chi connectivity index (χ4n) is 2.44. The summed E-state index contributed by atoms with van der Waals surface area (Å²) in [4.78, 5) is 24.2. The fraction of sp³-hybridized carbons (Fsp3) is 0.0455. The summed E-state index contributed by atoms with van der Waals surface area (Å²) in [6.07, 6.45) is 1.41. The summed E-state index contributed by atoms with van der Waals surface area (Å²) in [5.74, 6) is -0.252. The summed E-state index contributed by atoms with van der Waals surface area (Å²) in [5.41, 5.74) is 4.12. The van der Waals surface area contributed by atoms with Crippen LogP contribution in [-0.4, -0.2) is 24.6 Å². The normalized spacial score (nSPS) is 10.6. The summed E-state index contributed by atoms with van der Waals surface area (Å²) in [5, 5.41) is 7.17. The van der Waals surface area contributed by atoms with Crippen LogP contribution in [0.5, 0.6) is 5.75 Å². The van der Waals surface area contributed by atoms with Crippen LogP contribution in [-0.2, 0) is 4.79 Å². The van der Waals surface area contributed by atoms with E-state index in [4.69, 9.17) is 16.3 Å². The summed E-state index contributed by atoms with van der Waals surface area (Å²) >= 11 is 9.37. The highest BCUT2D eigenvalue weighted by atomic mass is 79.9. The van der Waals surface area contributed by atoms with Gasteiger partial charge in [-0.3, -0.25) is 9.59 Å². The predicted molar refractivity (Wildman–Crippen MR) is 121 cm³/mol. The molecule has 30 heavy (non-hydrogen) atoms. The van der Waals surface area contributed by atoms with E-state index in [0.29, 0.717) is 27.6 Å². The van der Waals surface area contributed by atoms with Crippen LogP contribution in [0.4, 0.5) is 5.69 Å². The van der Waals surface area contributed by atoms with Gasteiger partial charge in [-0.1, -0.05) is 45.7 Å². The lowest BCUT2D eigenvalue weighted by atomic mass is 10.2. The quantitative estimate of drug-likeness (QED) is 0.369. The molecule has 3 rings (SSSR count). The SMILES string of the molecule is O=C(COc1ccc(Cl)cc1/C=N/NC(=O)c1ccc(Br)cc1)Nc1ccccc1. The Morgan fingerprint density at radius 1 is 1.03 bits per heavy atom. The summed E-state index contributed by atoms with van der Waals surface area (Å²) in [6.45, 7) is -0.192. The number of hydrogen-bond acceptors (Lipinski definition) is 4. The van der Waals surface area contributed by atoms with Crippen molar-refractivity contribution < 1.29 is 14.3 Å². The van der Waals surface area contributed by atoms with Crippen LogP contribution >= 0.6 is 27.5 Å². The predicted octanol–water partition coefficient (Wildman–Crippen LogP) is 4.88. The first kappa shape index (κ1) is 21.5. The van der Waals surface area contributed by atoms with Crippen molar-refractivity contribution in [1.82, 2.24) is 5.43 Å². The number of carbonyl (C=O) groups is 2. The van der Waals surface area contributed by atoms with Crippen LogP contribution in [0.25, 0.3) is 0 Å². The number of benzene rings is 3. The van der Waals surface area contributed by atoms with Crippen molar-refractivity contribution in [3.8, 4) is 5.75 Å². The molecule has 0 fully saturated rings. The lowest BCUT2D eigenvalue weighted by Crippen LogP contribution is -2.20. The molecule has 0 spiro atoms. The highest BCUT2D eigenvalue weighted by molar-refractivity contribution is 9.10. The zero-order chi connectivity index (χ0) is 21.3. The summed E-state index contributed by atoms with van der Waals surface area (Å²) < 4.78 is 6.48. The van der Waals surface area contributed by atoms with E-state index in [1.165, 1.54) is 6.21 Å². The van der Waals surface area contributed by atoms with Crippen LogP contribution in [0.2, 0.25) is 5.02 Å². The van der Waals surface area contributed by atoms with E-state index in [-0.39, 0.29) is 18.4 Å². The molecule has 6 nitrogen and oxygen atoms in total. The Bertz CT molecular complexity index is 1060. The van der Waals surface area contributed by atoms with Crippen molar-refractivity contribution in [2.75, 3.05) is 11.9 Å². The van der Waals surface area contributed by atoms with Crippen LogP contribution in [0.3, 0.4) is 0 Å². The molecule has 0 heterocycles. The van der Waals surface area contributed by atoms with E-state index in [1.54, 1.807) is 54.6 Å². The highest BCUT2D eigenvalue weighted by Crippen LogP contribution is 2.21. The molecule has 0 bridgehead atoms. The number of nitrogens with one attached hydrogen (secondary N) is 2. The van der Waals surface area contributed by atoms with Crippen LogP contribution in [0, 0.1) is 0 Å². The maximum Gasteiger partial charge on any atom is 0.271 e. The lowest BCUT2D eigenvalue weighted by Gasteiger charge is -2.10. The first-order chi connectivity index (χ1) is 14.5. The van der Waals surface area contributed by atoms with Gasteiger partial charge in [-0.2, -0.15) is 5.10 Å². The van der Waals surface area contributed by atoms with E-state index in [0.717, 1.165) is 4.47 Å². The van der Waals surface area contributed by atoms with Crippen LogP contribution < -0.4 is 15.5 Å². The average Bonchev–Trinajstić information content (AvgIpc) is 2.74. The largest absolute Gasteiger partial charge is 0.483 e. The van der Waals surface area contributed by atoms with Crippen molar-refractivity contribution >= 4 is 51.2 Å². The van der Waals surface area contributed by atoms with Gasteiger partial charge in [-0.15, -0.1) is 0 Å².